The van der Waals surface area contributed by atoms with Crippen LogP contribution in [0.2, 0.25) is 0 Å². The molecule has 2 heterocycles. The van der Waals surface area contributed by atoms with Gasteiger partial charge < -0.3 is 9.47 Å². The lowest BCUT2D eigenvalue weighted by atomic mass is 9.69. The minimum atomic E-state index is -0.958. The highest BCUT2D eigenvalue weighted by Gasteiger charge is 2.62. The van der Waals surface area contributed by atoms with Gasteiger partial charge in [-0.25, -0.2) is 0 Å². The topological polar surface area (TPSA) is 64.6 Å². The molecule has 2 aromatic rings. The fraction of sp³-hybridized carbons (Fsp3) is 0.333. The van der Waals surface area contributed by atoms with Crippen molar-refractivity contribution in [3.8, 4) is 5.75 Å². The first kappa shape index (κ1) is 16.8. The number of esters is 1. The van der Waals surface area contributed by atoms with E-state index in [9.17, 15) is 9.59 Å². The Balaban J connectivity index is 1.84. The van der Waals surface area contributed by atoms with Crippen molar-refractivity contribution in [2.45, 2.75) is 24.9 Å². The van der Waals surface area contributed by atoms with Crippen LogP contribution in [0.25, 0.3) is 0 Å². The number of methoxy groups -OCH3 is 1. The fourth-order valence-corrected chi connectivity index (χ4v) is 4.31. The van der Waals surface area contributed by atoms with Gasteiger partial charge in [-0.2, -0.15) is 0 Å². The van der Waals surface area contributed by atoms with E-state index in [-0.39, 0.29) is 24.4 Å². The van der Waals surface area contributed by atoms with Crippen molar-refractivity contribution in [2.75, 3.05) is 13.7 Å². The zero-order valence-corrected chi connectivity index (χ0v) is 14.8. The first-order valence-electron chi connectivity index (χ1n) is 8.68. The number of rotatable bonds is 2. The largest absolute Gasteiger partial charge is 0.492 e. The van der Waals surface area contributed by atoms with Crippen molar-refractivity contribution in [1.82, 2.24) is 5.32 Å². The number of carbonyl (C=O) groups excluding carboxylic acids is 2. The Morgan fingerprint density at radius 1 is 1.15 bits per heavy atom. The molecule has 0 aliphatic carbocycles. The normalized spacial score (nSPS) is 29.9. The van der Waals surface area contributed by atoms with Crippen molar-refractivity contribution in [3.05, 3.63) is 65.7 Å². The molecule has 0 amide bonds. The Kier molecular flexibility index (Phi) is 3.84. The Labute approximate surface area is 152 Å². The molecule has 26 heavy (non-hydrogen) atoms. The molecule has 2 aliphatic heterocycles. The number of carbonyl (C=O) groups is 2. The van der Waals surface area contributed by atoms with Gasteiger partial charge in [0.15, 0.2) is 5.78 Å². The van der Waals surface area contributed by atoms with Crippen LogP contribution in [-0.2, 0) is 9.53 Å². The first-order chi connectivity index (χ1) is 12.5. The van der Waals surface area contributed by atoms with Crippen LogP contribution in [0.5, 0.6) is 5.75 Å². The minimum Gasteiger partial charge on any atom is -0.492 e. The van der Waals surface area contributed by atoms with E-state index in [2.05, 4.69) is 5.32 Å². The molecule has 0 unspecified atom stereocenters. The molecule has 0 aromatic heterocycles. The van der Waals surface area contributed by atoms with Crippen molar-refractivity contribution >= 4 is 11.8 Å². The Morgan fingerprint density at radius 2 is 1.85 bits per heavy atom. The highest BCUT2D eigenvalue weighted by Crippen LogP contribution is 2.52. The average molecular weight is 351 g/mol. The molecule has 3 atom stereocenters. The standard InChI is InChI=1S/C21H21NO4/c1-20(19(24)25-2)12-21(17(22-20)14-8-4-3-5-9-14)13-26-16-11-7-6-10-15(16)18(21)23/h3-11,17,22H,12-13H2,1-2H3/t17-,20-,21-/m0/s1. The van der Waals surface area contributed by atoms with E-state index in [1.54, 1.807) is 19.1 Å². The van der Waals surface area contributed by atoms with E-state index >= 15 is 0 Å². The van der Waals surface area contributed by atoms with Gasteiger partial charge in [-0.15, -0.1) is 0 Å². The molecule has 5 nitrogen and oxygen atoms in total. The molecule has 1 spiro atoms. The molecule has 1 saturated heterocycles. The van der Waals surface area contributed by atoms with Gasteiger partial charge in [0.1, 0.15) is 17.9 Å². The fourth-order valence-electron chi connectivity index (χ4n) is 4.31. The number of hydrogen-bond acceptors (Lipinski definition) is 5. The highest BCUT2D eigenvalue weighted by molar-refractivity contribution is 6.05. The average Bonchev–Trinajstić information content (AvgIpc) is 3.00. The van der Waals surface area contributed by atoms with E-state index in [0.717, 1.165) is 5.56 Å². The maximum atomic E-state index is 13.6. The molecule has 134 valence electrons. The van der Waals surface area contributed by atoms with Gasteiger partial charge in [-0.3, -0.25) is 14.9 Å². The second kappa shape index (κ2) is 5.95. The van der Waals surface area contributed by atoms with Crippen LogP contribution in [-0.4, -0.2) is 31.0 Å². The second-order valence-corrected chi connectivity index (χ2v) is 7.26. The van der Waals surface area contributed by atoms with Crippen LogP contribution in [0.4, 0.5) is 0 Å². The van der Waals surface area contributed by atoms with Gasteiger partial charge in [-0.1, -0.05) is 42.5 Å². The van der Waals surface area contributed by atoms with Gasteiger partial charge >= 0.3 is 5.97 Å². The second-order valence-electron chi connectivity index (χ2n) is 7.26. The summed E-state index contributed by atoms with van der Waals surface area (Å²) < 4.78 is 11.0. The smallest absolute Gasteiger partial charge is 0.325 e. The third-order valence-electron chi connectivity index (χ3n) is 5.52. The SMILES string of the molecule is COC(=O)[C@]1(C)C[C@]2(COc3ccccc3C2=O)[C@H](c2ccccc2)N1. The summed E-state index contributed by atoms with van der Waals surface area (Å²) in [6.07, 6.45) is 0.319. The lowest BCUT2D eigenvalue weighted by Gasteiger charge is -2.37. The lowest BCUT2D eigenvalue weighted by molar-refractivity contribution is -0.147. The molecule has 5 heteroatoms. The van der Waals surface area contributed by atoms with E-state index in [1.165, 1.54) is 7.11 Å². The number of benzene rings is 2. The number of fused-ring (bicyclic) bond motifs is 1. The third kappa shape index (κ3) is 2.35. The molecule has 0 bridgehead atoms. The summed E-state index contributed by atoms with van der Waals surface area (Å²) in [4.78, 5) is 26.0. The Bertz CT molecular complexity index is 865. The van der Waals surface area contributed by atoms with Gasteiger partial charge in [0.25, 0.3) is 0 Å². The van der Waals surface area contributed by atoms with Crippen LogP contribution in [0, 0.1) is 5.41 Å². The zero-order chi connectivity index (χ0) is 18.4. The minimum absolute atomic E-state index is 0.00771. The van der Waals surface area contributed by atoms with Crippen LogP contribution in [0.1, 0.15) is 35.3 Å². The highest BCUT2D eigenvalue weighted by atomic mass is 16.5. The summed E-state index contributed by atoms with van der Waals surface area (Å²) in [5.74, 6) is 0.233. The number of Topliss-reactive ketones (excluding diaryl/α,β-unsaturated/α-hetero) is 1. The molecular weight excluding hydrogens is 330 g/mol. The van der Waals surface area contributed by atoms with E-state index < -0.39 is 11.0 Å². The van der Waals surface area contributed by atoms with Crippen LogP contribution in [0.3, 0.4) is 0 Å². The molecular formula is C21H21NO4. The molecule has 4 rings (SSSR count). The first-order valence-corrected chi connectivity index (χ1v) is 8.68. The summed E-state index contributed by atoms with van der Waals surface area (Å²) in [5.41, 5.74) is -0.300. The van der Waals surface area contributed by atoms with Crippen LogP contribution in [0.15, 0.2) is 54.6 Å². The molecule has 2 aliphatic rings. The van der Waals surface area contributed by atoms with Crippen molar-refractivity contribution in [1.29, 1.82) is 0 Å². The number of nitrogens with one attached hydrogen (secondary N) is 1. The van der Waals surface area contributed by atoms with E-state index in [1.807, 2.05) is 42.5 Å². The summed E-state index contributed by atoms with van der Waals surface area (Å²) in [7, 11) is 1.37. The number of para-hydroxylation sites is 1. The molecule has 1 fully saturated rings. The van der Waals surface area contributed by atoms with Gasteiger partial charge in [0.05, 0.1) is 18.1 Å². The molecule has 0 saturated carbocycles. The van der Waals surface area contributed by atoms with Crippen molar-refractivity contribution in [2.24, 2.45) is 5.41 Å². The lowest BCUT2D eigenvalue weighted by Crippen LogP contribution is -2.45. The maximum absolute atomic E-state index is 13.6. The number of ketones is 1. The Morgan fingerprint density at radius 3 is 2.58 bits per heavy atom. The summed E-state index contributed by atoms with van der Waals surface area (Å²) in [6.45, 7) is 2.01. The van der Waals surface area contributed by atoms with Gasteiger partial charge in [0, 0.05) is 6.04 Å². The summed E-state index contributed by atoms with van der Waals surface area (Å²) in [6, 6.07) is 16.7. The molecule has 0 radical (unpaired) electrons. The van der Waals surface area contributed by atoms with Crippen LogP contribution >= 0.6 is 0 Å². The number of ether oxygens (including phenoxy) is 2. The molecule has 2 aromatic carbocycles. The quantitative estimate of drug-likeness (QED) is 0.843. The predicted octanol–water partition coefficient (Wildman–Crippen LogP) is 2.91. The monoisotopic (exact) mass is 351 g/mol. The zero-order valence-electron chi connectivity index (χ0n) is 14.8. The Hall–Kier alpha value is -2.66. The summed E-state index contributed by atoms with van der Waals surface area (Å²) in [5, 5.41) is 3.38. The maximum Gasteiger partial charge on any atom is 0.325 e. The molecule has 1 N–H and O–H groups in total. The van der Waals surface area contributed by atoms with Gasteiger partial charge in [0.2, 0.25) is 0 Å². The summed E-state index contributed by atoms with van der Waals surface area (Å²) >= 11 is 0. The number of hydrogen-bond donors (Lipinski definition) is 1. The van der Waals surface area contributed by atoms with E-state index in [0.29, 0.717) is 17.7 Å². The van der Waals surface area contributed by atoms with Gasteiger partial charge in [-0.05, 0) is 31.0 Å². The van der Waals surface area contributed by atoms with E-state index in [4.69, 9.17) is 9.47 Å². The predicted molar refractivity (Wildman–Crippen MR) is 96.1 cm³/mol. The van der Waals surface area contributed by atoms with Crippen LogP contribution < -0.4 is 10.1 Å². The van der Waals surface area contributed by atoms with Crippen molar-refractivity contribution in [3.63, 3.8) is 0 Å². The van der Waals surface area contributed by atoms with Crippen molar-refractivity contribution < 1.29 is 19.1 Å². The third-order valence-corrected chi connectivity index (χ3v) is 5.52.